The molecule has 2 nitrogen and oxygen atoms in total. The molecule has 2 heterocycles. The molecule has 8 aromatic rings. The molecule has 0 spiro atoms. The maximum absolute atomic E-state index is 6.17. The van der Waals surface area contributed by atoms with E-state index in [9.17, 15) is 0 Å². The zero-order valence-corrected chi connectivity index (χ0v) is 22.5. The molecule has 184 valence electrons. The number of furan rings is 1. The van der Waals surface area contributed by atoms with Crippen LogP contribution in [0.4, 0.5) is 0 Å². The molecule has 0 amide bonds. The van der Waals surface area contributed by atoms with Crippen molar-refractivity contribution in [3.05, 3.63) is 138 Å². The highest BCUT2D eigenvalue weighted by atomic mass is 79.9. The first kappa shape index (κ1) is 22.4. The molecule has 0 N–H and O–H groups in total. The zero-order chi connectivity index (χ0) is 25.9. The summed E-state index contributed by atoms with van der Waals surface area (Å²) in [6.45, 7) is 0. The lowest BCUT2D eigenvalue weighted by molar-refractivity contribution is 0.669. The van der Waals surface area contributed by atoms with Crippen LogP contribution in [-0.2, 0) is 0 Å². The Morgan fingerprint density at radius 1 is 0.436 bits per heavy atom. The fourth-order valence-electron chi connectivity index (χ4n) is 5.84. The first-order valence-electron chi connectivity index (χ1n) is 13.0. The van der Waals surface area contributed by atoms with E-state index in [2.05, 4.69) is 142 Å². The number of fused-ring (bicyclic) bond motifs is 6. The number of benzene rings is 6. The van der Waals surface area contributed by atoms with Gasteiger partial charge in [0.2, 0.25) is 0 Å². The van der Waals surface area contributed by atoms with Gasteiger partial charge in [-0.2, -0.15) is 0 Å². The van der Waals surface area contributed by atoms with Crippen molar-refractivity contribution in [1.29, 1.82) is 0 Å². The van der Waals surface area contributed by atoms with Crippen LogP contribution in [0.5, 0.6) is 0 Å². The Morgan fingerprint density at radius 3 is 1.92 bits per heavy atom. The lowest BCUT2D eigenvalue weighted by Gasteiger charge is -2.10. The largest absolute Gasteiger partial charge is 0.456 e. The van der Waals surface area contributed by atoms with E-state index in [1.807, 2.05) is 12.1 Å². The van der Waals surface area contributed by atoms with Crippen molar-refractivity contribution < 1.29 is 4.42 Å². The van der Waals surface area contributed by atoms with Crippen LogP contribution in [0.15, 0.2) is 142 Å². The van der Waals surface area contributed by atoms with E-state index in [0.717, 1.165) is 37.5 Å². The van der Waals surface area contributed by atoms with Gasteiger partial charge in [0.05, 0.1) is 11.0 Å². The molecule has 6 aromatic carbocycles. The third-order valence-corrected chi connectivity index (χ3v) is 8.09. The van der Waals surface area contributed by atoms with Crippen molar-refractivity contribution in [2.75, 3.05) is 0 Å². The highest BCUT2D eigenvalue weighted by Gasteiger charge is 2.14. The van der Waals surface area contributed by atoms with Gasteiger partial charge < -0.3 is 8.98 Å². The van der Waals surface area contributed by atoms with Gasteiger partial charge in [0, 0.05) is 31.7 Å². The van der Waals surface area contributed by atoms with Crippen molar-refractivity contribution in [2.24, 2.45) is 0 Å². The smallest absolute Gasteiger partial charge is 0.136 e. The van der Waals surface area contributed by atoms with Gasteiger partial charge in [0.1, 0.15) is 11.2 Å². The number of hydrogen-bond acceptors (Lipinski definition) is 1. The average molecular weight is 564 g/mol. The summed E-state index contributed by atoms with van der Waals surface area (Å²) in [5, 5.41) is 4.79. The molecular formula is C36H22BrNO. The lowest BCUT2D eigenvalue weighted by atomic mass is 9.97. The third kappa shape index (κ3) is 3.62. The summed E-state index contributed by atoms with van der Waals surface area (Å²) in [5.41, 5.74) is 10.0. The number of para-hydroxylation sites is 3. The molecule has 0 saturated heterocycles. The van der Waals surface area contributed by atoms with E-state index in [4.69, 9.17) is 4.42 Å². The Hall–Kier alpha value is -4.60. The van der Waals surface area contributed by atoms with Gasteiger partial charge in [0.25, 0.3) is 0 Å². The van der Waals surface area contributed by atoms with Gasteiger partial charge in [-0.1, -0.05) is 82.7 Å². The molecule has 8 rings (SSSR count). The Kier molecular flexibility index (Phi) is 5.01. The van der Waals surface area contributed by atoms with Crippen LogP contribution in [0.1, 0.15) is 0 Å². The zero-order valence-electron chi connectivity index (χ0n) is 20.9. The van der Waals surface area contributed by atoms with E-state index >= 15 is 0 Å². The Morgan fingerprint density at radius 2 is 1.08 bits per heavy atom. The number of rotatable bonds is 3. The van der Waals surface area contributed by atoms with Crippen LogP contribution in [0, 0.1) is 0 Å². The highest BCUT2D eigenvalue weighted by Crippen LogP contribution is 2.38. The Labute approximate surface area is 233 Å². The van der Waals surface area contributed by atoms with Crippen LogP contribution in [0.2, 0.25) is 0 Å². The normalized spacial score (nSPS) is 11.7. The second kappa shape index (κ2) is 8.72. The van der Waals surface area contributed by atoms with Gasteiger partial charge in [-0.3, -0.25) is 0 Å². The minimum absolute atomic E-state index is 0.908. The predicted molar refractivity (Wildman–Crippen MR) is 167 cm³/mol. The number of aromatic nitrogens is 1. The van der Waals surface area contributed by atoms with Crippen molar-refractivity contribution in [2.45, 2.75) is 0 Å². The van der Waals surface area contributed by atoms with E-state index < -0.39 is 0 Å². The predicted octanol–water partition coefficient (Wildman–Crippen LogP) is 10.8. The summed E-state index contributed by atoms with van der Waals surface area (Å²) in [6.07, 6.45) is 0. The first-order valence-corrected chi connectivity index (χ1v) is 13.8. The second-order valence-corrected chi connectivity index (χ2v) is 10.9. The molecular weight excluding hydrogens is 542 g/mol. The summed E-state index contributed by atoms with van der Waals surface area (Å²) >= 11 is 3.78. The monoisotopic (exact) mass is 563 g/mol. The van der Waals surface area contributed by atoms with Crippen molar-refractivity contribution >= 4 is 59.7 Å². The topological polar surface area (TPSA) is 18.1 Å². The van der Waals surface area contributed by atoms with Crippen LogP contribution in [-0.4, -0.2) is 4.57 Å². The molecule has 3 heteroatoms. The van der Waals surface area contributed by atoms with Gasteiger partial charge in [-0.25, -0.2) is 0 Å². The fraction of sp³-hybridized carbons (Fsp3) is 0. The molecule has 0 bridgehead atoms. The molecule has 39 heavy (non-hydrogen) atoms. The third-order valence-electron chi connectivity index (χ3n) is 7.63. The van der Waals surface area contributed by atoms with Crippen LogP contribution >= 0.6 is 15.9 Å². The molecule has 0 saturated carbocycles. The molecule has 0 aliphatic heterocycles. The van der Waals surface area contributed by atoms with Crippen LogP contribution in [0.25, 0.3) is 71.7 Å². The Balaban J connectivity index is 1.29. The molecule has 0 fully saturated rings. The quantitative estimate of drug-likeness (QED) is 0.209. The second-order valence-electron chi connectivity index (χ2n) is 9.96. The number of halogens is 1. The summed E-state index contributed by atoms with van der Waals surface area (Å²) in [5.74, 6) is 0. The summed E-state index contributed by atoms with van der Waals surface area (Å²) in [4.78, 5) is 0. The van der Waals surface area contributed by atoms with Crippen molar-refractivity contribution in [1.82, 2.24) is 4.57 Å². The van der Waals surface area contributed by atoms with E-state index in [-0.39, 0.29) is 0 Å². The van der Waals surface area contributed by atoms with Gasteiger partial charge in [-0.15, -0.1) is 0 Å². The molecule has 0 atom stereocenters. The Bertz CT molecular complexity index is 2190. The number of nitrogens with zero attached hydrogens (tertiary/aromatic N) is 1. The van der Waals surface area contributed by atoms with Gasteiger partial charge >= 0.3 is 0 Å². The average Bonchev–Trinajstić information content (AvgIpc) is 3.52. The summed E-state index contributed by atoms with van der Waals surface area (Å²) in [6, 6.07) is 47.4. The fourth-order valence-corrected chi connectivity index (χ4v) is 6.33. The minimum Gasteiger partial charge on any atom is -0.456 e. The molecule has 2 aromatic heterocycles. The lowest BCUT2D eigenvalue weighted by Crippen LogP contribution is -1.92. The minimum atomic E-state index is 0.908. The van der Waals surface area contributed by atoms with Crippen LogP contribution < -0.4 is 0 Å². The SMILES string of the molecule is Brc1cc(-c2ccc3c(c2)oc2ccccc23)cc(-c2ccc3c(c2)c2ccccc2n3-c2ccccc2)c1. The maximum Gasteiger partial charge on any atom is 0.136 e. The van der Waals surface area contributed by atoms with Crippen LogP contribution in [0.3, 0.4) is 0 Å². The molecule has 0 unspecified atom stereocenters. The van der Waals surface area contributed by atoms with E-state index in [0.29, 0.717) is 0 Å². The first-order chi connectivity index (χ1) is 19.2. The molecule has 0 radical (unpaired) electrons. The van der Waals surface area contributed by atoms with Crippen molar-refractivity contribution in [3.63, 3.8) is 0 Å². The summed E-state index contributed by atoms with van der Waals surface area (Å²) < 4.78 is 9.57. The number of hydrogen-bond donors (Lipinski definition) is 0. The maximum atomic E-state index is 6.17. The van der Waals surface area contributed by atoms with Gasteiger partial charge in [-0.05, 0) is 89.0 Å². The molecule has 0 aliphatic rings. The van der Waals surface area contributed by atoms with E-state index in [1.165, 1.54) is 38.6 Å². The standard InChI is InChI=1S/C36H22BrNO/c37-27-19-25(18-26(20-27)24-14-16-31-30-11-5-7-13-35(30)39-36(31)22-24)23-15-17-34-32(21-23)29-10-4-6-12-33(29)38(34)28-8-2-1-3-9-28/h1-22H. The van der Waals surface area contributed by atoms with Gasteiger partial charge in [0.15, 0.2) is 0 Å². The highest BCUT2D eigenvalue weighted by molar-refractivity contribution is 9.10. The molecule has 0 aliphatic carbocycles. The summed E-state index contributed by atoms with van der Waals surface area (Å²) in [7, 11) is 0. The van der Waals surface area contributed by atoms with Crippen molar-refractivity contribution in [3.8, 4) is 27.9 Å². The van der Waals surface area contributed by atoms with E-state index in [1.54, 1.807) is 0 Å².